The number of halogens is 2. The van der Waals surface area contributed by atoms with Crippen LogP contribution in [0.4, 0.5) is 8.78 Å². The van der Waals surface area contributed by atoms with E-state index >= 15 is 0 Å². The molecule has 0 aliphatic heterocycles. The maximum Gasteiger partial charge on any atom is 0.249 e. The summed E-state index contributed by atoms with van der Waals surface area (Å²) in [6.45, 7) is 0.337. The first-order chi connectivity index (χ1) is 12.0. The molecule has 3 nitrogen and oxygen atoms in total. The Labute approximate surface area is 143 Å². The van der Waals surface area contributed by atoms with Crippen LogP contribution in [0.25, 0.3) is 11.1 Å². The lowest BCUT2D eigenvalue weighted by Gasteiger charge is -2.11. The van der Waals surface area contributed by atoms with E-state index in [-0.39, 0.29) is 5.56 Å². The third-order valence-electron chi connectivity index (χ3n) is 3.74. The molecule has 5 heteroatoms. The molecule has 3 aromatic rings. The minimum Gasteiger partial charge on any atom is -0.489 e. The average molecular weight is 339 g/mol. The Morgan fingerprint density at radius 1 is 0.920 bits per heavy atom. The first-order valence-corrected chi connectivity index (χ1v) is 7.60. The van der Waals surface area contributed by atoms with Gasteiger partial charge in [0.1, 0.15) is 12.4 Å². The summed E-state index contributed by atoms with van der Waals surface area (Å²) in [7, 11) is 0. The van der Waals surface area contributed by atoms with Crippen molar-refractivity contribution in [2.24, 2.45) is 5.73 Å². The van der Waals surface area contributed by atoms with Crippen LogP contribution in [0.15, 0.2) is 66.7 Å². The fraction of sp³-hybridized carbons (Fsp3) is 0.0500. The lowest BCUT2D eigenvalue weighted by molar-refractivity contribution is 0.100. The van der Waals surface area contributed by atoms with Crippen LogP contribution in [0, 0.1) is 11.6 Å². The predicted octanol–water partition coefficient (Wildman–Crippen LogP) is 4.31. The summed E-state index contributed by atoms with van der Waals surface area (Å²) < 4.78 is 32.3. The molecule has 0 aliphatic rings. The Hall–Kier alpha value is -3.21. The number of ether oxygens (including phenoxy) is 1. The van der Waals surface area contributed by atoms with Crippen molar-refractivity contribution >= 4 is 5.91 Å². The van der Waals surface area contributed by atoms with E-state index in [1.54, 1.807) is 12.1 Å². The smallest absolute Gasteiger partial charge is 0.249 e. The van der Waals surface area contributed by atoms with Crippen molar-refractivity contribution in [3.8, 4) is 16.9 Å². The van der Waals surface area contributed by atoms with E-state index in [4.69, 9.17) is 10.5 Å². The van der Waals surface area contributed by atoms with Gasteiger partial charge in [-0.15, -0.1) is 0 Å². The SMILES string of the molecule is NC(=O)c1cc(OCc2ccccc2)ccc1-c1ccc(F)c(F)c1. The van der Waals surface area contributed by atoms with Crippen LogP contribution >= 0.6 is 0 Å². The lowest BCUT2D eigenvalue weighted by Crippen LogP contribution is -2.13. The second-order valence-corrected chi connectivity index (χ2v) is 5.47. The summed E-state index contributed by atoms with van der Waals surface area (Å²) in [6.07, 6.45) is 0. The van der Waals surface area contributed by atoms with E-state index in [0.717, 1.165) is 17.7 Å². The maximum atomic E-state index is 13.5. The van der Waals surface area contributed by atoms with Crippen LogP contribution in [0.5, 0.6) is 5.75 Å². The van der Waals surface area contributed by atoms with Gasteiger partial charge in [-0.1, -0.05) is 36.4 Å². The Balaban J connectivity index is 1.90. The van der Waals surface area contributed by atoms with E-state index in [2.05, 4.69) is 0 Å². The van der Waals surface area contributed by atoms with Crippen LogP contribution in [0.3, 0.4) is 0 Å². The van der Waals surface area contributed by atoms with Gasteiger partial charge in [0.05, 0.1) is 5.56 Å². The molecule has 0 fully saturated rings. The number of amides is 1. The number of carbonyl (C=O) groups is 1. The minimum atomic E-state index is -0.989. The number of carbonyl (C=O) groups excluding carboxylic acids is 1. The zero-order valence-corrected chi connectivity index (χ0v) is 13.2. The molecule has 0 aliphatic carbocycles. The number of benzene rings is 3. The third kappa shape index (κ3) is 3.83. The highest BCUT2D eigenvalue weighted by Crippen LogP contribution is 2.28. The molecule has 0 atom stereocenters. The fourth-order valence-corrected chi connectivity index (χ4v) is 2.47. The van der Waals surface area contributed by atoms with Gasteiger partial charge in [0.2, 0.25) is 5.91 Å². The molecule has 0 unspecified atom stereocenters. The molecule has 2 N–H and O–H groups in total. The van der Waals surface area contributed by atoms with Crippen molar-refractivity contribution in [2.75, 3.05) is 0 Å². The van der Waals surface area contributed by atoms with Crippen molar-refractivity contribution in [1.29, 1.82) is 0 Å². The van der Waals surface area contributed by atoms with Crippen molar-refractivity contribution in [3.05, 3.63) is 89.5 Å². The highest BCUT2D eigenvalue weighted by atomic mass is 19.2. The summed E-state index contributed by atoms with van der Waals surface area (Å²) in [4.78, 5) is 11.8. The summed E-state index contributed by atoms with van der Waals surface area (Å²) in [5, 5.41) is 0. The summed E-state index contributed by atoms with van der Waals surface area (Å²) in [5.74, 6) is -2.15. The quantitative estimate of drug-likeness (QED) is 0.753. The van der Waals surface area contributed by atoms with Gasteiger partial charge in [-0.2, -0.15) is 0 Å². The van der Waals surface area contributed by atoms with Gasteiger partial charge in [-0.3, -0.25) is 4.79 Å². The molecule has 3 aromatic carbocycles. The van der Waals surface area contributed by atoms with Crippen LogP contribution in [-0.2, 0) is 6.61 Å². The van der Waals surface area contributed by atoms with Gasteiger partial charge in [0.15, 0.2) is 11.6 Å². The van der Waals surface area contributed by atoms with Crippen molar-refractivity contribution in [3.63, 3.8) is 0 Å². The highest BCUT2D eigenvalue weighted by molar-refractivity contribution is 6.00. The Bertz CT molecular complexity index is 911. The molecule has 126 valence electrons. The normalized spacial score (nSPS) is 10.5. The summed E-state index contributed by atoms with van der Waals surface area (Å²) in [6, 6.07) is 17.8. The molecule has 0 aromatic heterocycles. The maximum absolute atomic E-state index is 13.5. The third-order valence-corrected chi connectivity index (χ3v) is 3.74. The second-order valence-electron chi connectivity index (χ2n) is 5.47. The average Bonchev–Trinajstić information content (AvgIpc) is 2.63. The van der Waals surface area contributed by atoms with E-state index in [1.807, 2.05) is 30.3 Å². The Kier molecular flexibility index (Phi) is 4.75. The number of hydrogen-bond donors (Lipinski definition) is 1. The first kappa shape index (κ1) is 16.6. The van der Waals surface area contributed by atoms with Gasteiger partial charge >= 0.3 is 0 Å². The standard InChI is InChI=1S/C20H15F2NO2/c21-18-9-6-14(10-19(18)22)16-8-7-15(11-17(16)20(23)24)25-12-13-4-2-1-3-5-13/h1-11H,12H2,(H2,23,24). The molecule has 0 radical (unpaired) electrons. The van der Waals surface area contributed by atoms with Crippen LogP contribution in [0.2, 0.25) is 0 Å². The number of nitrogens with two attached hydrogens (primary N) is 1. The molecule has 0 spiro atoms. The van der Waals surface area contributed by atoms with E-state index < -0.39 is 17.5 Å². The second kappa shape index (κ2) is 7.13. The lowest BCUT2D eigenvalue weighted by atomic mass is 9.98. The molecule has 25 heavy (non-hydrogen) atoms. The molecule has 0 heterocycles. The van der Waals surface area contributed by atoms with Crippen molar-refractivity contribution in [2.45, 2.75) is 6.61 Å². The highest BCUT2D eigenvalue weighted by Gasteiger charge is 2.13. The Morgan fingerprint density at radius 2 is 1.68 bits per heavy atom. The van der Waals surface area contributed by atoms with Gasteiger partial charge in [0, 0.05) is 0 Å². The van der Waals surface area contributed by atoms with Gasteiger partial charge in [-0.05, 0) is 47.0 Å². The zero-order valence-electron chi connectivity index (χ0n) is 13.2. The fourth-order valence-electron chi connectivity index (χ4n) is 2.47. The monoisotopic (exact) mass is 339 g/mol. The topological polar surface area (TPSA) is 52.3 Å². The van der Waals surface area contributed by atoms with Crippen molar-refractivity contribution in [1.82, 2.24) is 0 Å². The molecule has 0 saturated heterocycles. The van der Waals surface area contributed by atoms with Crippen LogP contribution in [-0.4, -0.2) is 5.91 Å². The Morgan fingerprint density at radius 3 is 2.36 bits per heavy atom. The minimum absolute atomic E-state index is 0.177. The van der Waals surface area contributed by atoms with Gasteiger partial charge in [0.25, 0.3) is 0 Å². The molecule has 3 rings (SSSR count). The largest absolute Gasteiger partial charge is 0.489 e. The first-order valence-electron chi connectivity index (χ1n) is 7.60. The predicted molar refractivity (Wildman–Crippen MR) is 91.1 cm³/mol. The molecular formula is C20H15F2NO2. The van der Waals surface area contributed by atoms with E-state index in [1.165, 1.54) is 12.1 Å². The van der Waals surface area contributed by atoms with E-state index in [0.29, 0.717) is 23.5 Å². The van der Waals surface area contributed by atoms with Crippen LogP contribution in [0.1, 0.15) is 15.9 Å². The van der Waals surface area contributed by atoms with E-state index in [9.17, 15) is 13.6 Å². The van der Waals surface area contributed by atoms with Gasteiger partial charge < -0.3 is 10.5 Å². The van der Waals surface area contributed by atoms with Crippen molar-refractivity contribution < 1.29 is 18.3 Å². The molecule has 1 amide bonds. The molecular weight excluding hydrogens is 324 g/mol. The molecule has 0 saturated carbocycles. The molecule has 0 bridgehead atoms. The van der Waals surface area contributed by atoms with Crippen LogP contribution < -0.4 is 10.5 Å². The van der Waals surface area contributed by atoms with Gasteiger partial charge in [-0.25, -0.2) is 8.78 Å². The summed E-state index contributed by atoms with van der Waals surface area (Å²) >= 11 is 0. The number of rotatable bonds is 5. The zero-order chi connectivity index (χ0) is 17.8. The number of primary amides is 1. The number of hydrogen-bond acceptors (Lipinski definition) is 2. The summed E-state index contributed by atoms with van der Waals surface area (Å²) in [5.41, 5.74) is 7.37.